The lowest BCUT2D eigenvalue weighted by atomic mass is 10.1. The first-order chi connectivity index (χ1) is 9.26. The van der Waals surface area contributed by atoms with Crippen molar-refractivity contribution >= 4 is 17.4 Å². The number of nitrogens with zero attached hydrogens (tertiary/aromatic N) is 1. The molecule has 0 spiro atoms. The molecule has 0 aliphatic rings. The minimum absolute atomic E-state index is 0.557. The predicted molar refractivity (Wildman–Crippen MR) is 81.5 cm³/mol. The molecule has 0 fully saturated rings. The van der Waals surface area contributed by atoms with E-state index >= 15 is 0 Å². The number of hydrogen-bond donors (Lipinski definition) is 1. The van der Waals surface area contributed by atoms with Crippen LogP contribution in [0.25, 0.3) is 0 Å². The van der Waals surface area contributed by atoms with Gasteiger partial charge in [-0.25, -0.2) is 0 Å². The second-order valence-corrected chi connectivity index (χ2v) is 5.63. The van der Waals surface area contributed by atoms with Crippen LogP contribution in [0.5, 0.6) is 0 Å². The van der Waals surface area contributed by atoms with Crippen LogP contribution in [-0.2, 0) is 13.1 Å². The maximum atomic E-state index is 5.93. The van der Waals surface area contributed by atoms with E-state index in [1.807, 2.05) is 23.9 Å². The Balaban J connectivity index is 2.25. The fourth-order valence-corrected chi connectivity index (χ4v) is 2.98. The number of furan rings is 1. The highest BCUT2D eigenvalue weighted by Crippen LogP contribution is 2.30. The van der Waals surface area contributed by atoms with Gasteiger partial charge in [-0.3, -0.25) is 0 Å². The van der Waals surface area contributed by atoms with Gasteiger partial charge in [-0.15, -0.1) is 11.8 Å². The van der Waals surface area contributed by atoms with Gasteiger partial charge in [0.05, 0.1) is 12.8 Å². The van der Waals surface area contributed by atoms with E-state index in [1.165, 1.54) is 16.1 Å². The second-order valence-electron chi connectivity index (χ2n) is 4.33. The third-order valence-electron chi connectivity index (χ3n) is 3.00. The topological polar surface area (TPSA) is 42.4 Å². The highest BCUT2D eigenvalue weighted by molar-refractivity contribution is 7.99. The third kappa shape index (κ3) is 3.33. The molecule has 102 valence electrons. The van der Waals surface area contributed by atoms with Crippen LogP contribution in [0, 0.1) is 0 Å². The largest absolute Gasteiger partial charge is 0.467 e. The average molecular weight is 276 g/mol. The molecule has 0 aliphatic carbocycles. The Morgan fingerprint density at radius 1 is 1.26 bits per heavy atom. The molecule has 0 unspecified atom stereocenters. The lowest BCUT2D eigenvalue weighted by molar-refractivity contribution is 0.507. The molecule has 0 amide bonds. The summed E-state index contributed by atoms with van der Waals surface area (Å²) in [4.78, 5) is 3.45. The molecule has 0 radical (unpaired) electrons. The van der Waals surface area contributed by atoms with Gasteiger partial charge in [-0.2, -0.15) is 0 Å². The smallest absolute Gasteiger partial charge is 0.123 e. The Morgan fingerprint density at radius 2 is 2.11 bits per heavy atom. The van der Waals surface area contributed by atoms with Gasteiger partial charge in [-0.1, -0.05) is 13.0 Å². The number of anilines is 1. The molecule has 1 aromatic heterocycles. The molecule has 0 bridgehead atoms. The molecule has 19 heavy (non-hydrogen) atoms. The summed E-state index contributed by atoms with van der Waals surface area (Å²) >= 11 is 1.84. The van der Waals surface area contributed by atoms with Gasteiger partial charge < -0.3 is 15.1 Å². The Hall–Kier alpha value is -1.39. The standard InChI is InChI=1S/C15H20N2OS/c1-3-19-15-8-4-7-14(13(15)10-16)17(2)11-12-6-5-9-18-12/h4-9H,3,10-11,16H2,1-2H3. The second kappa shape index (κ2) is 6.68. The lowest BCUT2D eigenvalue weighted by Crippen LogP contribution is -2.19. The van der Waals surface area contributed by atoms with Gasteiger partial charge in [0.25, 0.3) is 0 Å². The van der Waals surface area contributed by atoms with E-state index in [9.17, 15) is 0 Å². The van der Waals surface area contributed by atoms with E-state index in [0.29, 0.717) is 6.54 Å². The number of rotatable bonds is 6. The molecule has 0 saturated heterocycles. The van der Waals surface area contributed by atoms with E-state index in [-0.39, 0.29) is 0 Å². The third-order valence-corrected chi connectivity index (χ3v) is 3.98. The van der Waals surface area contributed by atoms with Crippen LogP contribution in [0.3, 0.4) is 0 Å². The Kier molecular flexibility index (Phi) is 4.93. The van der Waals surface area contributed by atoms with Crippen LogP contribution in [-0.4, -0.2) is 12.8 Å². The number of hydrogen-bond acceptors (Lipinski definition) is 4. The maximum absolute atomic E-state index is 5.93. The van der Waals surface area contributed by atoms with E-state index < -0.39 is 0 Å². The summed E-state index contributed by atoms with van der Waals surface area (Å²) in [5.41, 5.74) is 8.32. The van der Waals surface area contributed by atoms with Gasteiger partial charge in [0.2, 0.25) is 0 Å². The summed E-state index contributed by atoms with van der Waals surface area (Å²) in [5.74, 6) is 2.01. The molecule has 0 aliphatic heterocycles. The molecule has 2 aromatic rings. The molecule has 0 saturated carbocycles. The minimum atomic E-state index is 0.557. The van der Waals surface area contributed by atoms with Crippen molar-refractivity contribution in [1.82, 2.24) is 0 Å². The first kappa shape index (κ1) is 14.0. The Bertz CT molecular complexity index is 511. The molecule has 1 aromatic carbocycles. The fourth-order valence-electron chi connectivity index (χ4n) is 2.13. The summed E-state index contributed by atoms with van der Waals surface area (Å²) in [6.45, 7) is 3.46. The lowest BCUT2D eigenvalue weighted by Gasteiger charge is -2.22. The van der Waals surface area contributed by atoms with Crippen LogP contribution >= 0.6 is 11.8 Å². The van der Waals surface area contributed by atoms with Crippen molar-refractivity contribution in [2.45, 2.75) is 24.9 Å². The van der Waals surface area contributed by atoms with Crippen LogP contribution < -0.4 is 10.6 Å². The average Bonchev–Trinajstić information content (AvgIpc) is 2.91. The number of benzene rings is 1. The van der Waals surface area contributed by atoms with Gasteiger partial charge in [0, 0.05) is 29.7 Å². The zero-order valence-corrected chi connectivity index (χ0v) is 12.2. The quantitative estimate of drug-likeness (QED) is 0.820. The van der Waals surface area contributed by atoms with E-state index in [2.05, 4.69) is 37.1 Å². The monoisotopic (exact) mass is 276 g/mol. The van der Waals surface area contributed by atoms with Crippen molar-refractivity contribution in [2.75, 3.05) is 17.7 Å². The fraction of sp³-hybridized carbons (Fsp3) is 0.333. The summed E-state index contributed by atoms with van der Waals surface area (Å²) in [7, 11) is 2.07. The van der Waals surface area contributed by atoms with E-state index in [4.69, 9.17) is 10.2 Å². The van der Waals surface area contributed by atoms with Crippen molar-refractivity contribution in [3.63, 3.8) is 0 Å². The summed E-state index contributed by atoms with van der Waals surface area (Å²) in [5, 5.41) is 0. The van der Waals surface area contributed by atoms with Crippen LogP contribution in [0.4, 0.5) is 5.69 Å². The number of thioether (sulfide) groups is 1. The molecule has 0 atom stereocenters. The van der Waals surface area contributed by atoms with Gasteiger partial charge >= 0.3 is 0 Å². The van der Waals surface area contributed by atoms with E-state index in [0.717, 1.165) is 18.1 Å². The van der Waals surface area contributed by atoms with Gasteiger partial charge in [0.1, 0.15) is 5.76 Å². The predicted octanol–water partition coefficient (Wildman–Crippen LogP) is 3.49. The van der Waals surface area contributed by atoms with Gasteiger partial charge in [-0.05, 0) is 30.0 Å². The minimum Gasteiger partial charge on any atom is -0.467 e. The molecule has 1 heterocycles. The van der Waals surface area contributed by atoms with Crippen molar-refractivity contribution in [1.29, 1.82) is 0 Å². The molecule has 4 heteroatoms. The Labute approximate surface area is 118 Å². The first-order valence-corrected chi connectivity index (χ1v) is 7.43. The first-order valence-electron chi connectivity index (χ1n) is 6.44. The number of nitrogens with two attached hydrogens (primary N) is 1. The molecular weight excluding hydrogens is 256 g/mol. The maximum Gasteiger partial charge on any atom is 0.123 e. The van der Waals surface area contributed by atoms with Crippen molar-refractivity contribution in [3.05, 3.63) is 47.9 Å². The van der Waals surface area contributed by atoms with Crippen LogP contribution in [0.15, 0.2) is 45.9 Å². The van der Waals surface area contributed by atoms with Crippen molar-refractivity contribution < 1.29 is 4.42 Å². The highest BCUT2D eigenvalue weighted by Gasteiger charge is 2.11. The van der Waals surface area contributed by atoms with Crippen molar-refractivity contribution in [2.24, 2.45) is 5.73 Å². The molecule has 3 nitrogen and oxygen atoms in total. The molecule has 2 N–H and O–H groups in total. The Morgan fingerprint density at radius 3 is 2.74 bits per heavy atom. The summed E-state index contributed by atoms with van der Waals surface area (Å²) in [6.07, 6.45) is 1.70. The molecule has 2 rings (SSSR count). The highest BCUT2D eigenvalue weighted by atomic mass is 32.2. The van der Waals surface area contributed by atoms with Gasteiger partial charge in [0.15, 0.2) is 0 Å². The zero-order valence-electron chi connectivity index (χ0n) is 11.4. The van der Waals surface area contributed by atoms with Crippen LogP contribution in [0.2, 0.25) is 0 Å². The van der Waals surface area contributed by atoms with E-state index in [1.54, 1.807) is 6.26 Å². The normalized spacial score (nSPS) is 10.7. The molecular formula is C15H20N2OS. The van der Waals surface area contributed by atoms with Crippen LogP contribution in [0.1, 0.15) is 18.2 Å². The SMILES string of the molecule is CCSc1cccc(N(C)Cc2ccco2)c1CN. The summed E-state index contributed by atoms with van der Waals surface area (Å²) < 4.78 is 5.40. The summed E-state index contributed by atoms with van der Waals surface area (Å²) in [6, 6.07) is 10.2. The van der Waals surface area contributed by atoms with Crippen molar-refractivity contribution in [3.8, 4) is 0 Å². The zero-order chi connectivity index (χ0) is 13.7.